The van der Waals surface area contributed by atoms with Gasteiger partial charge in [-0.2, -0.15) is 0 Å². The molecule has 2 aliphatic heterocycles. The van der Waals surface area contributed by atoms with Crippen LogP contribution in [0.2, 0.25) is 5.02 Å². The van der Waals surface area contributed by atoms with Gasteiger partial charge in [0.1, 0.15) is 0 Å². The molecule has 152 valence electrons. The summed E-state index contributed by atoms with van der Waals surface area (Å²) in [7, 11) is 0. The normalized spacial score (nSPS) is 16.7. The first kappa shape index (κ1) is 19.4. The highest BCUT2D eigenvalue weighted by Crippen LogP contribution is 2.38. The van der Waals surface area contributed by atoms with Crippen molar-refractivity contribution in [2.24, 2.45) is 0 Å². The number of nitrogens with zero attached hydrogens (tertiary/aromatic N) is 2. The van der Waals surface area contributed by atoms with Crippen molar-refractivity contribution in [1.29, 1.82) is 0 Å². The quantitative estimate of drug-likeness (QED) is 0.719. The number of halogens is 1. The summed E-state index contributed by atoms with van der Waals surface area (Å²) in [4.78, 5) is 28.2. The molecule has 2 aromatic rings. The zero-order valence-corrected chi connectivity index (χ0v) is 16.6. The van der Waals surface area contributed by atoms with Crippen LogP contribution in [0.3, 0.4) is 0 Å². The Morgan fingerprint density at radius 3 is 2.55 bits per heavy atom. The van der Waals surface area contributed by atoms with Crippen LogP contribution >= 0.6 is 11.6 Å². The number of hydrogen-bond donors (Lipinski definition) is 0. The molecule has 3 heterocycles. The van der Waals surface area contributed by atoms with Crippen molar-refractivity contribution < 1.29 is 23.5 Å². The van der Waals surface area contributed by atoms with Crippen LogP contribution in [0.5, 0.6) is 11.5 Å². The first-order valence-electron chi connectivity index (χ1n) is 9.51. The van der Waals surface area contributed by atoms with Crippen LogP contribution in [0.25, 0.3) is 6.08 Å². The van der Waals surface area contributed by atoms with Crippen molar-refractivity contribution in [3.05, 3.63) is 53.0 Å². The Morgan fingerprint density at radius 1 is 1.03 bits per heavy atom. The molecule has 7 nitrogen and oxygen atoms in total. The minimum Gasteiger partial charge on any atom is -0.489 e. The molecule has 1 saturated heterocycles. The largest absolute Gasteiger partial charge is 0.489 e. The number of carbonyl (C=O) groups excluding carboxylic acids is 2. The van der Waals surface area contributed by atoms with E-state index in [9.17, 15) is 9.59 Å². The second kappa shape index (κ2) is 8.61. The first-order chi connectivity index (χ1) is 14.1. The molecule has 0 N–H and O–H groups in total. The van der Waals surface area contributed by atoms with E-state index in [-0.39, 0.29) is 11.8 Å². The van der Waals surface area contributed by atoms with Crippen LogP contribution in [-0.2, 0) is 4.79 Å². The summed E-state index contributed by atoms with van der Waals surface area (Å²) < 4.78 is 16.4. The summed E-state index contributed by atoms with van der Waals surface area (Å²) in [5, 5.41) is 0.460. The molecule has 2 aliphatic rings. The SMILES string of the molecule is O=C(C=Cc1cc(Cl)c2c(c1)OCCCO2)N1CCN(C(=O)c2ccco2)CC1. The molecule has 0 bridgehead atoms. The molecule has 0 unspecified atom stereocenters. The van der Waals surface area contributed by atoms with Crippen molar-refractivity contribution >= 4 is 29.5 Å². The first-order valence-corrected chi connectivity index (χ1v) is 9.88. The molecule has 0 aliphatic carbocycles. The third-order valence-electron chi connectivity index (χ3n) is 4.85. The lowest BCUT2D eigenvalue weighted by Gasteiger charge is -2.33. The molecule has 0 atom stereocenters. The molecule has 4 rings (SSSR count). The summed E-state index contributed by atoms with van der Waals surface area (Å²) in [6, 6.07) is 6.89. The van der Waals surface area contributed by atoms with E-state index in [1.807, 2.05) is 6.07 Å². The van der Waals surface area contributed by atoms with Gasteiger partial charge in [-0.1, -0.05) is 11.6 Å². The summed E-state index contributed by atoms with van der Waals surface area (Å²) in [6.45, 7) is 3.00. The fourth-order valence-corrected chi connectivity index (χ4v) is 3.58. The zero-order chi connectivity index (χ0) is 20.2. The summed E-state index contributed by atoms with van der Waals surface area (Å²) in [6.07, 6.45) is 5.50. The van der Waals surface area contributed by atoms with E-state index in [1.54, 1.807) is 34.1 Å². The molecule has 29 heavy (non-hydrogen) atoms. The predicted octanol–water partition coefficient (Wildman–Crippen LogP) is 3.09. The maximum absolute atomic E-state index is 12.5. The lowest BCUT2D eigenvalue weighted by molar-refractivity contribution is -0.127. The Kier molecular flexibility index (Phi) is 5.76. The van der Waals surface area contributed by atoms with Gasteiger partial charge in [-0.15, -0.1) is 0 Å². The van der Waals surface area contributed by atoms with Crippen LogP contribution in [0.4, 0.5) is 0 Å². The molecule has 1 aromatic heterocycles. The van der Waals surface area contributed by atoms with Crippen LogP contribution in [0.1, 0.15) is 22.5 Å². The summed E-state index contributed by atoms with van der Waals surface area (Å²) in [5.41, 5.74) is 0.763. The van der Waals surface area contributed by atoms with Gasteiger partial charge in [0.2, 0.25) is 5.91 Å². The van der Waals surface area contributed by atoms with E-state index in [2.05, 4.69) is 0 Å². The van der Waals surface area contributed by atoms with Crippen molar-refractivity contribution in [2.45, 2.75) is 6.42 Å². The number of rotatable bonds is 3. The number of carbonyl (C=O) groups is 2. The number of hydrogen-bond acceptors (Lipinski definition) is 5. The fourth-order valence-electron chi connectivity index (χ4n) is 3.31. The zero-order valence-electron chi connectivity index (χ0n) is 15.8. The Hall–Kier alpha value is -2.93. The van der Waals surface area contributed by atoms with Crippen LogP contribution in [0.15, 0.2) is 41.0 Å². The highest BCUT2D eigenvalue weighted by atomic mass is 35.5. The number of piperazine rings is 1. The van der Waals surface area contributed by atoms with Crippen molar-refractivity contribution in [1.82, 2.24) is 9.80 Å². The van der Waals surface area contributed by atoms with Gasteiger partial charge < -0.3 is 23.7 Å². The Labute approximate surface area is 173 Å². The standard InChI is InChI=1S/C21H21ClN2O5/c22-16-13-15(14-18-20(16)29-12-2-11-28-18)4-5-19(25)23-6-8-24(9-7-23)21(26)17-3-1-10-27-17/h1,3-5,10,13-14H,2,6-9,11-12H2. The van der Waals surface area contributed by atoms with Gasteiger partial charge in [-0.3, -0.25) is 9.59 Å². The lowest BCUT2D eigenvalue weighted by atomic mass is 10.1. The number of fused-ring (bicyclic) bond motifs is 1. The number of benzene rings is 1. The van der Waals surface area contributed by atoms with Gasteiger partial charge in [0.05, 0.1) is 24.5 Å². The molecule has 0 saturated carbocycles. The van der Waals surface area contributed by atoms with E-state index < -0.39 is 0 Å². The number of ether oxygens (including phenoxy) is 2. The van der Waals surface area contributed by atoms with Gasteiger partial charge >= 0.3 is 0 Å². The van der Waals surface area contributed by atoms with Crippen molar-refractivity contribution in [2.75, 3.05) is 39.4 Å². The number of furan rings is 1. The van der Waals surface area contributed by atoms with Crippen LogP contribution in [-0.4, -0.2) is 61.0 Å². The third-order valence-corrected chi connectivity index (χ3v) is 5.13. The Balaban J connectivity index is 1.36. The molecule has 8 heteroatoms. The second-order valence-corrected chi connectivity index (χ2v) is 7.22. The average molecular weight is 417 g/mol. The van der Waals surface area contributed by atoms with E-state index in [0.717, 1.165) is 12.0 Å². The minimum absolute atomic E-state index is 0.113. The van der Waals surface area contributed by atoms with Gasteiger partial charge in [0.15, 0.2) is 17.3 Å². The molecule has 2 amide bonds. The van der Waals surface area contributed by atoms with Gasteiger partial charge in [0.25, 0.3) is 5.91 Å². The van der Waals surface area contributed by atoms with Gasteiger partial charge in [-0.05, 0) is 35.9 Å². The predicted molar refractivity (Wildman–Crippen MR) is 107 cm³/mol. The van der Waals surface area contributed by atoms with E-state index in [0.29, 0.717) is 61.7 Å². The van der Waals surface area contributed by atoms with E-state index in [4.69, 9.17) is 25.5 Å². The third kappa shape index (κ3) is 4.40. The van der Waals surface area contributed by atoms with Crippen molar-refractivity contribution in [3.63, 3.8) is 0 Å². The Morgan fingerprint density at radius 2 is 1.79 bits per heavy atom. The molecule has 0 radical (unpaired) electrons. The van der Waals surface area contributed by atoms with Crippen molar-refractivity contribution in [3.8, 4) is 11.5 Å². The molecule has 1 aromatic carbocycles. The maximum atomic E-state index is 12.5. The molecular weight excluding hydrogens is 396 g/mol. The minimum atomic E-state index is -0.153. The topological polar surface area (TPSA) is 72.2 Å². The van der Waals surface area contributed by atoms with E-state index in [1.165, 1.54) is 12.3 Å². The van der Waals surface area contributed by atoms with Gasteiger partial charge in [-0.25, -0.2) is 0 Å². The molecule has 0 spiro atoms. The molecule has 1 fully saturated rings. The van der Waals surface area contributed by atoms with E-state index >= 15 is 0 Å². The van der Waals surface area contributed by atoms with Crippen LogP contribution in [0, 0.1) is 0 Å². The number of amides is 2. The lowest BCUT2D eigenvalue weighted by Crippen LogP contribution is -2.50. The monoisotopic (exact) mass is 416 g/mol. The Bertz CT molecular complexity index is 917. The summed E-state index contributed by atoms with van der Waals surface area (Å²) in [5.74, 6) is 1.19. The highest BCUT2D eigenvalue weighted by Gasteiger charge is 2.25. The maximum Gasteiger partial charge on any atom is 0.289 e. The van der Waals surface area contributed by atoms with Gasteiger partial charge in [0, 0.05) is 38.7 Å². The fraction of sp³-hybridized carbons (Fsp3) is 0.333. The molecular formula is C21H21ClN2O5. The smallest absolute Gasteiger partial charge is 0.289 e. The van der Waals surface area contributed by atoms with Crippen LogP contribution < -0.4 is 9.47 Å². The average Bonchev–Trinajstić information content (AvgIpc) is 3.17. The summed E-state index contributed by atoms with van der Waals surface area (Å²) >= 11 is 6.29. The second-order valence-electron chi connectivity index (χ2n) is 6.81. The highest BCUT2D eigenvalue weighted by molar-refractivity contribution is 6.32.